The number of pyridine rings is 1. The number of hydrogen-bond donors (Lipinski definition) is 2. The first kappa shape index (κ1) is 13.5. The zero-order chi connectivity index (χ0) is 13.7. The van der Waals surface area contributed by atoms with Gasteiger partial charge in [-0.05, 0) is 18.2 Å². The predicted octanol–water partition coefficient (Wildman–Crippen LogP) is 2.13. The largest absolute Gasteiger partial charge is 0.396 e. The lowest BCUT2D eigenvalue weighted by Gasteiger charge is -2.16. The normalized spacial score (nSPS) is 12.3. The van der Waals surface area contributed by atoms with Crippen LogP contribution in [0.25, 0.3) is 10.8 Å². The van der Waals surface area contributed by atoms with E-state index in [1.54, 1.807) is 12.4 Å². The highest BCUT2D eigenvalue weighted by atomic mass is 16.3. The van der Waals surface area contributed by atoms with Crippen molar-refractivity contribution >= 4 is 16.7 Å². The standard InChI is InChI=1S/C15H18N2O2/c1-2-12(7-8-18)17-15(19)14-10-16-9-11-5-3-4-6-13(11)14/h3-6,9-10,12,18H,2,7-8H2,1H3,(H,17,19). The molecule has 19 heavy (non-hydrogen) atoms. The van der Waals surface area contributed by atoms with Crippen molar-refractivity contribution in [2.75, 3.05) is 6.61 Å². The average Bonchev–Trinajstić information content (AvgIpc) is 2.46. The molecule has 1 unspecified atom stereocenters. The number of nitrogens with zero attached hydrogens (tertiary/aromatic N) is 1. The van der Waals surface area contributed by atoms with Crippen LogP contribution in [0.15, 0.2) is 36.7 Å². The van der Waals surface area contributed by atoms with E-state index in [9.17, 15) is 4.79 Å². The SMILES string of the molecule is CCC(CCO)NC(=O)c1cncc2ccccc12. The van der Waals surface area contributed by atoms with E-state index in [2.05, 4.69) is 10.3 Å². The lowest BCUT2D eigenvalue weighted by Crippen LogP contribution is -2.35. The monoisotopic (exact) mass is 258 g/mol. The quantitative estimate of drug-likeness (QED) is 0.863. The molecule has 4 nitrogen and oxygen atoms in total. The van der Waals surface area contributed by atoms with Crippen LogP contribution < -0.4 is 5.32 Å². The Morgan fingerprint density at radius 3 is 2.89 bits per heavy atom. The van der Waals surface area contributed by atoms with Gasteiger partial charge < -0.3 is 10.4 Å². The summed E-state index contributed by atoms with van der Waals surface area (Å²) in [5, 5.41) is 13.7. The smallest absolute Gasteiger partial charge is 0.253 e. The van der Waals surface area contributed by atoms with Gasteiger partial charge >= 0.3 is 0 Å². The summed E-state index contributed by atoms with van der Waals surface area (Å²) in [6.45, 7) is 2.06. The Balaban J connectivity index is 2.26. The van der Waals surface area contributed by atoms with Crippen molar-refractivity contribution in [1.29, 1.82) is 0 Å². The fourth-order valence-corrected chi connectivity index (χ4v) is 2.09. The van der Waals surface area contributed by atoms with E-state index >= 15 is 0 Å². The van der Waals surface area contributed by atoms with Gasteiger partial charge in [0.2, 0.25) is 0 Å². The number of benzene rings is 1. The van der Waals surface area contributed by atoms with Crippen LogP contribution in [0.2, 0.25) is 0 Å². The van der Waals surface area contributed by atoms with Crippen LogP contribution in [0.3, 0.4) is 0 Å². The molecule has 0 aliphatic carbocycles. The number of fused-ring (bicyclic) bond motifs is 1. The maximum absolute atomic E-state index is 12.3. The first-order valence-electron chi connectivity index (χ1n) is 6.50. The van der Waals surface area contributed by atoms with Crippen LogP contribution in [0, 0.1) is 0 Å². The van der Waals surface area contributed by atoms with Gasteiger partial charge in [-0.15, -0.1) is 0 Å². The van der Waals surface area contributed by atoms with Gasteiger partial charge in [0, 0.05) is 30.4 Å². The molecule has 0 fully saturated rings. The zero-order valence-electron chi connectivity index (χ0n) is 11.0. The number of rotatable bonds is 5. The minimum absolute atomic E-state index is 0.00327. The second kappa shape index (κ2) is 6.29. The number of aliphatic hydroxyl groups is 1. The van der Waals surface area contributed by atoms with E-state index in [1.165, 1.54) is 0 Å². The van der Waals surface area contributed by atoms with Gasteiger partial charge in [-0.2, -0.15) is 0 Å². The van der Waals surface area contributed by atoms with Gasteiger partial charge in [-0.1, -0.05) is 31.2 Å². The van der Waals surface area contributed by atoms with Crippen LogP contribution in [0.4, 0.5) is 0 Å². The van der Waals surface area contributed by atoms with Crippen molar-refractivity contribution in [3.8, 4) is 0 Å². The van der Waals surface area contributed by atoms with Gasteiger partial charge in [0.25, 0.3) is 5.91 Å². The Hall–Kier alpha value is -1.94. The van der Waals surface area contributed by atoms with E-state index in [4.69, 9.17) is 5.11 Å². The second-order valence-electron chi connectivity index (χ2n) is 4.50. The predicted molar refractivity (Wildman–Crippen MR) is 75.0 cm³/mol. The summed E-state index contributed by atoms with van der Waals surface area (Å²) < 4.78 is 0. The summed E-state index contributed by atoms with van der Waals surface area (Å²) in [5.41, 5.74) is 0.578. The molecule has 0 saturated carbocycles. The molecule has 1 atom stereocenters. The molecule has 2 N–H and O–H groups in total. The molecule has 0 aliphatic rings. The minimum atomic E-state index is -0.135. The van der Waals surface area contributed by atoms with E-state index in [0.717, 1.165) is 17.2 Å². The third kappa shape index (κ3) is 3.09. The summed E-state index contributed by atoms with van der Waals surface area (Å²) >= 11 is 0. The Labute approximate surface area is 112 Å². The van der Waals surface area contributed by atoms with E-state index in [1.807, 2.05) is 31.2 Å². The average molecular weight is 258 g/mol. The second-order valence-corrected chi connectivity index (χ2v) is 4.50. The van der Waals surface area contributed by atoms with Crippen LogP contribution in [-0.4, -0.2) is 28.6 Å². The van der Waals surface area contributed by atoms with Crippen molar-refractivity contribution in [1.82, 2.24) is 10.3 Å². The van der Waals surface area contributed by atoms with Crippen molar-refractivity contribution in [3.63, 3.8) is 0 Å². The van der Waals surface area contributed by atoms with Gasteiger partial charge in [0.05, 0.1) is 5.56 Å². The molecule has 0 radical (unpaired) electrons. The van der Waals surface area contributed by atoms with Gasteiger partial charge in [0.1, 0.15) is 0 Å². The van der Waals surface area contributed by atoms with Crippen LogP contribution >= 0.6 is 0 Å². The molecule has 2 rings (SSSR count). The molecule has 100 valence electrons. The summed E-state index contributed by atoms with van der Waals surface area (Å²) in [5.74, 6) is -0.135. The van der Waals surface area contributed by atoms with Crippen LogP contribution in [0.5, 0.6) is 0 Å². The molecule has 2 aromatic rings. The molecule has 0 saturated heterocycles. The Morgan fingerprint density at radius 1 is 1.37 bits per heavy atom. The van der Waals surface area contributed by atoms with Gasteiger partial charge in [-0.25, -0.2) is 0 Å². The highest BCUT2D eigenvalue weighted by Crippen LogP contribution is 2.17. The van der Waals surface area contributed by atoms with Gasteiger partial charge in [-0.3, -0.25) is 9.78 Å². The number of carbonyl (C=O) groups excluding carboxylic acids is 1. The molecular weight excluding hydrogens is 240 g/mol. The summed E-state index contributed by atoms with van der Waals surface area (Å²) in [4.78, 5) is 16.4. The number of hydrogen-bond acceptors (Lipinski definition) is 3. The zero-order valence-corrected chi connectivity index (χ0v) is 11.0. The Kier molecular flexibility index (Phi) is 4.47. The highest BCUT2D eigenvalue weighted by molar-refractivity contribution is 6.06. The number of amides is 1. The molecule has 1 aromatic heterocycles. The molecule has 1 heterocycles. The molecule has 1 aromatic carbocycles. The minimum Gasteiger partial charge on any atom is -0.396 e. The maximum atomic E-state index is 12.3. The summed E-state index contributed by atoms with van der Waals surface area (Å²) in [7, 11) is 0. The van der Waals surface area contributed by atoms with Crippen molar-refractivity contribution in [2.45, 2.75) is 25.8 Å². The maximum Gasteiger partial charge on any atom is 0.253 e. The summed E-state index contributed by atoms with van der Waals surface area (Å²) in [6, 6.07) is 7.68. The molecule has 0 spiro atoms. The fraction of sp³-hybridized carbons (Fsp3) is 0.333. The van der Waals surface area contributed by atoms with Crippen molar-refractivity contribution in [3.05, 3.63) is 42.2 Å². The lowest BCUT2D eigenvalue weighted by molar-refractivity contribution is 0.0930. The van der Waals surface area contributed by atoms with E-state index in [0.29, 0.717) is 12.0 Å². The third-order valence-corrected chi connectivity index (χ3v) is 3.22. The fourth-order valence-electron chi connectivity index (χ4n) is 2.09. The van der Waals surface area contributed by atoms with E-state index in [-0.39, 0.29) is 18.6 Å². The highest BCUT2D eigenvalue weighted by Gasteiger charge is 2.14. The topological polar surface area (TPSA) is 62.2 Å². The van der Waals surface area contributed by atoms with Crippen molar-refractivity contribution < 1.29 is 9.90 Å². The van der Waals surface area contributed by atoms with E-state index < -0.39 is 0 Å². The van der Waals surface area contributed by atoms with Gasteiger partial charge in [0.15, 0.2) is 0 Å². The molecule has 1 amide bonds. The number of carbonyl (C=O) groups is 1. The first-order chi connectivity index (χ1) is 9.26. The third-order valence-electron chi connectivity index (χ3n) is 3.22. The Bertz CT molecular complexity index is 564. The number of aliphatic hydroxyl groups excluding tert-OH is 1. The molecule has 0 aliphatic heterocycles. The van der Waals surface area contributed by atoms with Crippen LogP contribution in [-0.2, 0) is 0 Å². The molecular formula is C15H18N2O2. The van der Waals surface area contributed by atoms with Crippen LogP contribution in [0.1, 0.15) is 30.1 Å². The molecule has 0 bridgehead atoms. The first-order valence-corrected chi connectivity index (χ1v) is 6.50. The number of nitrogens with one attached hydrogen (secondary N) is 1. The number of aromatic nitrogens is 1. The van der Waals surface area contributed by atoms with Crippen molar-refractivity contribution in [2.24, 2.45) is 0 Å². The molecule has 4 heteroatoms. The lowest BCUT2D eigenvalue weighted by atomic mass is 10.1. The Morgan fingerprint density at radius 2 is 2.16 bits per heavy atom. The summed E-state index contributed by atoms with van der Waals surface area (Å²) in [6.07, 6.45) is 4.70.